The third-order valence-electron chi connectivity index (χ3n) is 4.01. The number of aryl methyl sites for hydroxylation is 2. The number of imidazole rings is 1. The molecule has 2 N–H and O–H groups in total. The van der Waals surface area contributed by atoms with Crippen molar-refractivity contribution in [1.29, 1.82) is 0 Å². The second kappa shape index (κ2) is 4.98. The summed E-state index contributed by atoms with van der Waals surface area (Å²) >= 11 is 0. The van der Waals surface area contributed by atoms with E-state index in [4.69, 9.17) is 0 Å². The van der Waals surface area contributed by atoms with E-state index in [1.165, 1.54) is 5.56 Å². The van der Waals surface area contributed by atoms with Gasteiger partial charge in [-0.3, -0.25) is 10.2 Å². The zero-order valence-electron chi connectivity index (χ0n) is 12.9. The van der Waals surface area contributed by atoms with Crippen molar-refractivity contribution in [2.45, 2.75) is 13.8 Å². The highest BCUT2D eigenvalue weighted by atomic mass is 16.2. The van der Waals surface area contributed by atoms with Crippen LogP contribution in [0.15, 0.2) is 48.8 Å². The van der Waals surface area contributed by atoms with Crippen molar-refractivity contribution in [1.82, 2.24) is 14.6 Å². The van der Waals surface area contributed by atoms with E-state index in [0.29, 0.717) is 5.69 Å². The molecule has 0 saturated heterocycles. The van der Waals surface area contributed by atoms with Crippen LogP contribution in [0.1, 0.15) is 21.6 Å². The summed E-state index contributed by atoms with van der Waals surface area (Å²) in [6.45, 7) is 4.10. The van der Waals surface area contributed by atoms with Gasteiger partial charge in [0, 0.05) is 10.9 Å². The van der Waals surface area contributed by atoms with Crippen LogP contribution in [-0.4, -0.2) is 20.6 Å². The Bertz CT molecular complexity index is 1040. The van der Waals surface area contributed by atoms with Crippen LogP contribution in [0.25, 0.3) is 21.9 Å². The van der Waals surface area contributed by atoms with Gasteiger partial charge in [0.25, 0.3) is 5.91 Å². The molecule has 1 amide bonds. The van der Waals surface area contributed by atoms with Crippen LogP contribution in [-0.2, 0) is 0 Å². The van der Waals surface area contributed by atoms with Gasteiger partial charge in [-0.1, -0.05) is 18.2 Å². The summed E-state index contributed by atoms with van der Waals surface area (Å²) in [4.78, 5) is 20.0. The van der Waals surface area contributed by atoms with Gasteiger partial charge in [0.15, 0.2) is 0 Å². The number of benzene rings is 2. The van der Waals surface area contributed by atoms with Gasteiger partial charge in [-0.2, -0.15) is 0 Å². The predicted octanol–water partition coefficient (Wildman–Crippen LogP) is 3.52. The van der Waals surface area contributed by atoms with Crippen molar-refractivity contribution in [3.63, 3.8) is 0 Å². The summed E-state index contributed by atoms with van der Waals surface area (Å²) in [6.07, 6.45) is 1.61. The summed E-state index contributed by atoms with van der Waals surface area (Å²) in [5.74, 6) is -0.193. The fourth-order valence-corrected chi connectivity index (χ4v) is 2.94. The van der Waals surface area contributed by atoms with Gasteiger partial charge in [0.2, 0.25) is 0 Å². The topological polar surface area (TPSA) is 62.7 Å². The molecule has 0 aliphatic heterocycles. The molecule has 2 aromatic carbocycles. The van der Waals surface area contributed by atoms with Crippen molar-refractivity contribution in [3.05, 3.63) is 65.6 Å². The van der Waals surface area contributed by atoms with Gasteiger partial charge in [0.1, 0.15) is 12.0 Å². The molecule has 0 unspecified atom stereocenters. The molecule has 114 valence electrons. The highest BCUT2D eigenvalue weighted by molar-refractivity contribution is 6.03. The number of H-pyrrole nitrogens is 1. The summed E-state index contributed by atoms with van der Waals surface area (Å²) < 4.78 is 1.64. The zero-order chi connectivity index (χ0) is 16.0. The molecule has 0 aliphatic rings. The minimum absolute atomic E-state index is 0.193. The first-order valence-corrected chi connectivity index (χ1v) is 7.45. The number of hydrogen-bond acceptors (Lipinski definition) is 2. The zero-order valence-corrected chi connectivity index (χ0v) is 12.9. The number of carbonyl (C=O) groups is 1. The number of nitrogens with zero attached hydrogens (tertiary/aromatic N) is 2. The first-order valence-electron chi connectivity index (χ1n) is 7.45. The van der Waals surface area contributed by atoms with Crippen molar-refractivity contribution >= 4 is 27.8 Å². The van der Waals surface area contributed by atoms with E-state index >= 15 is 0 Å². The van der Waals surface area contributed by atoms with Crippen molar-refractivity contribution in [3.8, 4) is 0 Å². The first-order chi connectivity index (χ1) is 11.1. The van der Waals surface area contributed by atoms with Crippen molar-refractivity contribution < 1.29 is 4.79 Å². The SMILES string of the molecule is Cc1cc(C)c2cc(C(=O)Nn3cnc4ccccc43)[nH]c2c1. The molecule has 0 fully saturated rings. The standard InChI is InChI=1S/C18H16N4O/c1-11-7-12(2)13-9-16(20-15(13)8-11)18(23)21-22-10-19-14-5-3-4-6-17(14)22/h3-10,20H,1-2H3,(H,21,23). The highest BCUT2D eigenvalue weighted by Crippen LogP contribution is 2.21. The number of rotatable bonds is 2. The second-order valence-corrected chi connectivity index (χ2v) is 5.77. The summed E-state index contributed by atoms with van der Waals surface area (Å²) in [5.41, 5.74) is 8.40. The summed E-state index contributed by atoms with van der Waals surface area (Å²) in [7, 11) is 0. The Kier molecular flexibility index (Phi) is 2.94. The van der Waals surface area contributed by atoms with Crippen LogP contribution >= 0.6 is 0 Å². The lowest BCUT2D eigenvalue weighted by Crippen LogP contribution is -2.22. The minimum atomic E-state index is -0.193. The van der Waals surface area contributed by atoms with Crippen LogP contribution < -0.4 is 5.43 Å². The molecular formula is C18H16N4O. The Morgan fingerprint density at radius 3 is 2.87 bits per heavy atom. The smallest absolute Gasteiger partial charge is 0.286 e. The van der Waals surface area contributed by atoms with E-state index in [1.807, 2.05) is 50.2 Å². The molecule has 0 aliphatic carbocycles. The van der Waals surface area contributed by atoms with Crippen LogP contribution in [0, 0.1) is 13.8 Å². The average molecular weight is 304 g/mol. The molecule has 0 bridgehead atoms. The molecule has 4 aromatic rings. The van der Waals surface area contributed by atoms with Crippen molar-refractivity contribution in [2.75, 3.05) is 5.43 Å². The Morgan fingerprint density at radius 2 is 2.00 bits per heavy atom. The molecule has 2 heterocycles. The largest absolute Gasteiger partial charge is 0.350 e. The maximum Gasteiger partial charge on any atom is 0.286 e. The molecule has 0 atom stereocenters. The normalized spacial score (nSPS) is 11.2. The molecule has 5 nitrogen and oxygen atoms in total. The fourth-order valence-electron chi connectivity index (χ4n) is 2.94. The first kappa shape index (κ1) is 13.6. The monoisotopic (exact) mass is 304 g/mol. The maximum atomic E-state index is 12.5. The van der Waals surface area contributed by atoms with Crippen LogP contribution in [0.2, 0.25) is 0 Å². The number of fused-ring (bicyclic) bond motifs is 2. The fraction of sp³-hybridized carbons (Fsp3) is 0.111. The molecule has 5 heteroatoms. The minimum Gasteiger partial charge on any atom is -0.350 e. The third kappa shape index (κ3) is 2.26. The van der Waals surface area contributed by atoms with Crippen LogP contribution in [0.5, 0.6) is 0 Å². The lowest BCUT2D eigenvalue weighted by molar-refractivity contribution is 0.100. The lowest BCUT2D eigenvalue weighted by Gasteiger charge is -2.05. The summed E-state index contributed by atoms with van der Waals surface area (Å²) in [5, 5.41) is 1.07. The van der Waals surface area contributed by atoms with Gasteiger partial charge in [-0.15, -0.1) is 0 Å². The van der Waals surface area contributed by atoms with E-state index in [0.717, 1.165) is 27.5 Å². The number of carbonyl (C=O) groups excluding carboxylic acids is 1. The number of para-hydroxylation sites is 2. The van der Waals surface area contributed by atoms with Crippen LogP contribution in [0.3, 0.4) is 0 Å². The lowest BCUT2D eigenvalue weighted by atomic mass is 10.1. The van der Waals surface area contributed by atoms with Gasteiger partial charge >= 0.3 is 0 Å². The number of amides is 1. The van der Waals surface area contributed by atoms with E-state index in [1.54, 1.807) is 11.0 Å². The van der Waals surface area contributed by atoms with E-state index in [9.17, 15) is 4.79 Å². The number of aromatic amines is 1. The second-order valence-electron chi connectivity index (χ2n) is 5.77. The van der Waals surface area contributed by atoms with Gasteiger partial charge < -0.3 is 4.98 Å². The van der Waals surface area contributed by atoms with Crippen LogP contribution in [0.4, 0.5) is 0 Å². The highest BCUT2D eigenvalue weighted by Gasteiger charge is 2.12. The van der Waals surface area contributed by atoms with E-state index in [2.05, 4.69) is 21.5 Å². The maximum absolute atomic E-state index is 12.5. The molecule has 0 radical (unpaired) electrons. The Labute approximate surface area is 132 Å². The number of hydrogen-bond donors (Lipinski definition) is 2. The molecule has 4 rings (SSSR count). The van der Waals surface area contributed by atoms with Gasteiger partial charge in [0.05, 0.1) is 11.0 Å². The van der Waals surface area contributed by atoms with E-state index in [-0.39, 0.29) is 5.91 Å². The molecular weight excluding hydrogens is 288 g/mol. The molecule has 2 aromatic heterocycles. The van der Waals surface area contributed by atoms with Gasteiger partial charge in [-0.05, 0) is 49.2 Å². The van der Waals surface area contributed by atoms with Gasteiger partial charge in [-0.25, -0.2) is 9.66 Å². The number of aromatic nitrogens is 3. The molecule has 0 saturated carbocycles. The Morgan fingerprint density at radius 1 is 1.17 bits per heavy atom. The Balaban J connectivity index is 1.70. The third-order valence-corrected chi connectivity index (χ3v) is 4.01. The average Bonchev–Trinajstić information content (AvgIpc) is 3.12. The molecule has 0 spiro atoms. The van der Waals surface area contributed by atoms with E-state index < -0.39 is 0 Å². The van der Waals surface area contributed by atoms with Crippen molar-refractivity contribution in [2.24, 2.45) is 0 Å². The molecule has 23 heavy (non-hydrogen) atoms. The summed E-state index contributed by atoms with van der Waals surface area (Å²) in [6, 6.07) is 13.7. The predicted molar refractivity (Wildman–Crippen MR) is 91.2 cm³/mol. The number of nitrogens with one attached hydrogen (secondary N) is 2. The quantitative estimate of drug-likeness (QED) is 0.595. The Hall–Kier alpha value is -3.08.